The molecule has 7 heteroatoms. The van der Waals surface area contributed by atoms with Crippen LogP contribution < -0.4 is 5.32 Å². The van der Waals surface area contributed by atoms with Gasteiger partial charge in [-0.3, -0.25) is 4.79 Å². The number of carbonyl (C=O) groups excluding carboxylic acids is 2. The van der Waals surface area contributed by atoms with Crippen molar-refractivity contribution >= 4 is 18.0 Å². The first kappa shape index (κ1) is 24.3. The Labute approximate surface area is 194 Å². The Bertz CT molecular complexity index is 1000. The summed E-state index contributed by atoms with van der Waals surface area (Å²) < 4.78 is 5.59. The van der Waals surface area contributed by atoms with Gasteiger partial charge in [0, 0.05) is 13.0 Å². The lowest BCUT2D eigenvalue weighted by molar-refractivity contribution is -0.156. The van der Waals surface area contributed by atoms with Crippen LogP contribution >= 0.6 is 0 Å². The fraction of sp³-hybridized carbons (Fsp3) is 0.423. The highest BCUT2D eigenvalue weighted by Gasteiger charge is 2.40. The van der Waals surface area contributed by atoms with Crippen molar-refractivity contribution in [3.05, 3.63) is 59.7 Å². The van der Waals surface area contributed by atoms with Crippen LogP contribution in [0.1, 0.15) is 51.2 Å². The maximum absolute atomic E-state index is 13.1. The highest BCUT2D eigenvalue weighted by Crippen LogP contribution is 2.44. The summed E-state index contributed by atoms with van der Waals surface area (Å²) in [6.07, 6.45) is -0.0708. The number of rotatable bonds is 8. The number of carbonyl (C=O) groups is 3. The second-order valence-corrected chi connectivity index (χ2v) is 9.09. The average molecular weight is 453 g/mol. The van der Waals surface area contributed by atoms with Crippen LogP contribution in [0.15, 0.2) is 48.5 Å². The van der Waals surface area contributed by atoms with E-state index in [1.54, 1.807) is 0 Å². The Hall–Kier alpha value is -3.35. The van der Waals surface area contributed by atoms with Crippen LogP contribution in [0.3, 0.4) is 0 Å². The Morgan fingerprint density at radius 3 is 2.06 bits per heavy atom. The van der Waals surface area contributed by atoms with Crippen molar-refractivity contribution in [1.29, 1.82) is 0 Å². The van der Waals surface area contributed by atoms with E-state index in [2.05, 4.69) is 17.4 Å². The zero-order valence-electron chi connectivity index (χ0n) is 19.8. The molecule has 2 amide bonds. The van der Waals surface area contributed by atoms with Crippen molar-refractivity contribution in [2.75, 3.05) is 13.7 Å². The SMILES string of the molecule is CCC(C)C(NC(=O)OCC1c2ccccc2-c2ccccc21)C(=O)N(C)C(C)(C)C(=O)O. The number of alkyl carbamates (subject to hydrolysis) is 1. The summed E-state index contributed by atoms with van der Waals surface area (Å²) in [6.45, 7) is 6.79. The van der Waals surface area contributed by atoms with Gasteiger partial charge in [-0.15, -0.1) is 0 Å². The van der Waals surface area contributed by atoms with Gasteiger partial charge in [0.1, 0.15) is 18.2 Å². The highest BCUT2D eigenvalue weighted by molar-refractivity contribution is 5.91. The average Bonchev–Trinajstić information content (AvgIpc) is 3.13. The smallest absolute Gasteiger partial charge is 0.407 e. The molecule has 0 radical (unpaired) electrons. The first-order chi connectivity index (χ1) is 15.6. The second kappa shape index (κ2) is 9.65. The van der Waals surface area contributed by atoms with E-state index < -0.39 is 29.6 Å². The standard InChI is InChI=1S/C26H32N2O5/c1-6-16(2)22(23(29)28(5)26(3,4)24(30)31)27-25(32)33-15-21-19-13-9-7-11-17(19)18-12-8-10-14-20(18)21/h7-14,16,21-22H,6,15H2,1-5H3,(H,27,32)(H,30,31). The molecule has 1 aliphatic rings. The van der Waals surface area contributed by atoms with Gasteiger partial charge in [0.15, 0.2) is 0 Å². The van der Waals surface area contributed by atoms with Gasteiger partial charge in [-0.05, 0) is 42.0 Å². The van der Waals surface area contributed by atoms with E-state index in [4.69, 9.17) is 4.74 Å². The number of hydrogen-bond donors (Lipinski definition) is 2. The van der Waals surface area contributed by atoms with E-state index in [0.717, 1.165) is 27.2 Å². The summed E-state index contributed by atoms with van der Waals surface area (Å²) in [7, 11) is 1.44. The zero-order valence-corrected chi connectivity index (χ0v) is 19.8. The van der Waals surface area contributed by atoms with E-state index >= 15 is 0 Å². The third-order valence-electron chi connectivity index (χ3n) is 6.79. The van der Waals surface area contributed by atoms with Crippen molar-refractivity contribution in [3.63, 3.8) is 0 Å². The van der Waals surface area contributed by atoms with Crippen LogP contribution in [0.5, 0.6) is 0 Å². The number of fused-ring (bicyclic) bond motifs is 3. The molecule has 7 nitrogen and oxygen atoms in total. The molecule has 0 saturated carbocycles. The molecule has 0 aliphatic heterocycles. The van der Waals surface area contributed by atoms with Crippen LogP contribution in [0, 0.1) is 5.92 Å². The third-order valence-corrected chi connectivity index (χ3v) is 6.79. The lowest BCUT2D eigenvalue weighted by Gasteiger charge is -2.35. The van der Waals surface area contributed by atoms with Crippen LogP contribution in [-0.4, -0.2) is 53.2 Å². The molecule has 2 N–H and O–H groups in total. The number of nitrogens with zero attached hydrogens (tertiary/aromatic N) is 1. The predicted molar refractivity (Wildman–Crippen MR) is 126 cm³/mol. The summed E-state index contributed by atoms with van der Waals surface area (Å²) in [6, 6.07) is 15.2. The van der Waals surface area contributed by atoms with Crippen molar-refractivity contribution in [1.82, 2.24) is 10.2 Å². The van der Waals surface area contributed by atoms with Crippen LogP contribution in [0.2, 0.25) is 0 Å². The minimum absolute atomic E-state index is 0.0884. The molecule has 0 saturated heterocycles. The molecule has 2 atom stereocenters. The quantitative estimate of drug-likeness (QED) is 0.624. The predicted octanol–water partition coefficient (Wildman–Crippen LogP) is 4.26. The Morgan fingerprint density at radius 2 is 1.58 bits per heavy atom. The molecule has 0 heterocycles. The first-order valence-corrected chi connectivity index (χ1v) is 11.2. The summed E-state index contributed by atoms with van der Waals surface area (Å²) in [4.78, 5) is 38.6. The molecule has 3 rings (SSSR count). The lowest BCUT2D eigenvalue weighted by atomic mass is 9.95. The molecule has 0 aromatic heterocycles. The molecule has 2 aromatic rings. The maximum atomic E-state index is 13.1. The molecule has 1 aliphatic carbocycles. The van der Waals surface area contributed by atoms with Gasteiger partial charge in [-0.25, -0.2) is 9.59 Å². The van der Waals surface area contributed by atoms with Gasteiger partial charge >= 0.3 is 12.1 Å². The summed E-state index contributed by atoms with van der Waals surface area (Å²) in [5.74, 6) is -1.88. The van der Waals surface area contributed by atoms with E-state index in [0.29, 0.717) is 6.42 Å². The largest absolute Gasteiger partial charge is 0.480 e. The Morgan fingerprint density at radius 1 is 1.06 bits per heavy atom. The second-order valence-electron chi connectivity index (χ2n) is 9.09. The maximum Gasteiger partial charge on any atom is 0.407 e. The summed E-state index contributed by atoms with van der Waals surface area (Å²) in [5, 5.41) is 12.2. The Kier molecular flexibility index (Phi) is 7.10. The van der Waals surface area contributed by atoms with E-state index in [1.165, 1.54) is 20.9 Å². The number of nitrogens with one attached hydrogen (secondary N) is 1. The number of carboxylic acids is 1. The third kappa shape index (κ3) is 4.72. The van der Waals surface area contributed by atoms with E-state index in [1.807, 2.05) is 50.2 Å². The fourth-order valence-electron chi connectivity index (χ4n) is 4.08. The molecule has 0 bridgehead atoms. The number of aliphatic carboxylic acids is 1. The van der Waals surface area contributed by atoms with Crippen molar-refractivity contribution in [3.8, 4) is 11.1 Å². The van der Waals surface area contributed by atoms with Gasteiger partial charge in [0.05, 0.1) is 0 Å². The van der Waals surface area contributed by atoms with Gasteiger partial charge < -0.3 is 20.1 Å². The Balaban J connectivity index is 1.73. The van der Waals surface area contributed by atoms with Crippen molar-refractivity contribution in [2.45, 2.75) is 51.6 Å². The molecule has 0 fully saturated rings. The zero-order chi connectivity index (χ0) is 24.3. The minimum atomic E-state index is -1.41. The van der Waals surface area contributed by atoms with Gasteiger partial charge in [0.25, 0.3) is 0 Å². The molecular weight excluding hydrogens is 420 g/mol. The highest BCUT2D eigenvalue weighted by atomic mass is 16.5. The topological polar surface area (TPSA) is 95.9 Å². The normalized spacial score (nSPS) is 14.6. The number of likely N-dealkylation sites (N-methyl/N-ethyl adjacent to an activating group) is 1. The first-order valence-electron chi connectivity index (χ1n) is 11.2. The van der Waals surface area contributed by atoms with Crippen molar-refractivity contribution < 1.29 is 24.2 Å². The fourth-order valence-corrected chi connectivity index (χ4v) is 4.08. The van der Waals surface area contributed by atoms with E-state index in [9.17, 15) is 19.5 Å². The number of hydrogen-bond acceptors (Lipinski definition) is 4. The molecule has 176 valence electrons. The number of benzene rings is 2. The molecule has 2 aromatic carbocycles. The van der Waals surface area contributed by atoms with Crippen LogP contribution in [0.25, 0.3) is 11.1 Å². The van der Waals surface area contributed by atoms with Gasteiger partial charge in [0.2, 0.25) is 5.91 Å². The number of amides is 2. The lowest BCUT2D eigenvalue weighted by Crippen LogP contribution is -2.58. The molecular formula is C26H32N2O5. The monoisotopic (exact) mass is 452 g/mol. The van der Waals surface area contributed by atoms with Crippen LogP contribution in [0.4, 0.5) is 4.79 Å². The molecule has 2 unspecified atom stereocenters. The summed E-state index contributed by atoms with van der Waals surface area (Å²) >= 11 is 0. The number of ether oxygens (including phenoxy) is 1. The molecule has 0 spiro atoms. The summed E-state index contributed by atoms with van der Waals surface area (Å²) in [5.41, 5.74) is 3.05. The molecule has 33 heavy (non-hydrogen) atoms. The van der Waals surface area contributed by atoms with Gasteiger partial charge in [-0.1, -0.05) is 68.8 Å². The van der Waals surface area contributed by atoms with E-state index in [-0.39, 0.29) is 18.4 Å². The van der Waals surface area contributed by atoms with Crippen LogP contribution in [-0.2, 0) is 14.3 Å². The van der Waals surface area contributed by atoms with Gasteiger partial charge in [-0.2, -0.15) is 0 Å². The minimum Gasteiger partial charge on any atom is -0.480 e. The van der Waals surface area contributed by atoms with Crippen molar-refractivity contribution in [2.24, 2.45) is 5.92 Å². The number of carboxylic acid groups (broad SMARTS) is 1.